The van der Waals surface area contributed by atoms with Gasteiger partial charge in [-0.3, -0.25) is 9.69 Å². The van der Waals surface area contributed by atoms with E-state index in [-0.39, 0.29) is 23.7 Å². The Morgan fingerprint density at radius 3 is 2.61 bits per heavy atom. The van der Waals surface area contributed by atoms with Crippen molar-refractivity contribution in [1.82, 2.24) is 10.2 Å². The Labute approximate surface area is 107 Å². The van der Waals surface area contributed by atoms with Crippen molar-refractivity contribution in [2.45, 2.75) is 24.9 Å². The normalized spacial score (nSPS) is 28.4. The third-order valence-corrected chi connectivity index (χ3v) is 4.67. The molecule has 2 rings (SSSR count). The summed E-state index contributed by atoms with van der Waals surface area (Å²) < 4.78 is 22.4. The fourth-order valence-corrected chi connectivity index (χ4v) is 3.47. The van der Waals surface area contributed by atoms with Crippen molar-refractivity contribution in [2.24, 2.45) is 5.73 Å². The Kier molecular flexibility index (Phi) is 4.04. The van der Waals surface area contributed by atoms with E-state index in [1.165, 1.54) is 6.08 Å². The molecule has 1 unspecified atom stereocenters. The van der Waals surface area contributed by atoms with Gasteiger partial charge in [-0.1, -0.05) is 0 Å². The van der Waals surface area contributed by atoms with Gasteiger partial charge in [0.05, 0.1) is 18.3 Å². The third kappa shape index (κ3) is 3.79. The van der Waals surface area contributed by atoms with Gasteiger partial charge in [0.2, 0.25) is 5.91 Å². The summed E-state index contributed by atoms with van der Waals surface area (Å²) in [5.41, 5.74) is 5.79. The number of sulfone groups is 1. The highest BCUT2D eigenvalue weighted by Crippen LogP contribution is 2.09. The van der Waals surface area contributed by atoms with Crippen LogP contribution < -0.4 is 11.1 Å². The number of rotatable bonds is 3. The van der Waals surface area contributed by atoms with Crippen molar-refractivity contribution in [1.29, 1.82) is 0 Å². The number of nitrogens with one attached hydrogen (secondary N) is 1. The molecule has 0 radical (unpaired) electrons. The van der Waals surface area contributed by atoms with Crippen molar-refractivity contribution in [2.75, 3.05) is 25.4 Å². The predicted octanol–water partition coefficient (Wildman–Crippen LogP) is -1.16. The summed E-state index contributed by atoms with van der Waals surface area (Å²) in [5.74, 6) is -0.152. The average Bonchev–Trinajstić information content (AvgIpc) is 2.61. The first-order valence-corrected chi connectivity index (χ1v) is 7.84. The van der Waals surface area contributed by atoms with E-state index < -0.39 is 9.84 Å². The number of piperidine rings is 1. The second-order valence-electron chi connectivity index (χ2n) is 4.95. The van der Waals surface area contributed by atoms with Gasteiger partial charge < -0.3 is 11.1 Å². The van der Waals surface area contributed by atoms with Crippen LogP contribution >= 0.6 is 0 Å². The molecule has 3 N–H and O–H groups in total. The molecule has 0 spiro atoms. The maximum absolute atomic E-state index is 11.7. The van der Waals surface area contributed by atoms with Crippen LogP contribution in [0, 0.1) is 0 Å². The Balaban J connectivity index is 1.75. The Morgan fingerprint density at radius 1 is 1.39 bits per heavy atom. The quantitative estimate of drug-likeness (QED) is 0.676. The lowest BCUT2D eigenvalue weighted by molar-refractivity contribution is -0.122. The fourth-order valence-electron chi connectivity index (χ4n) is 2.23. The fraction of sp³-hybridized carbons (Fsp3) is 0.727. The van der Waals surface area contributed by atoms with Crippen molar-refractivity contribution in [3.8, 4) is 0 Å². The van der Waals surface area contributed by atoms with Crippen LogP contribution in [0.5, 0.6) is 0 Å². The molecule has 0 aliphatic carbocycles. The second-order valence-corrected chi connectivity index (χ2v) is 6.88. The largest absolute Gasteiger partial charge is 0.348 e. The summed E-state index contributed by atoms with van der Waals surface area (Å²) in [5, 5.41) is 3.88. The van der Waals surface area contributed by atoms with Crippen LogP contribution in [0.15, 0.2) is 11.5 Å². The first kappa shape index (κ1) is 13.5. The van der Waals surface area contributed by atoms with Gasteiger partial charge in [0, 0.05) is 24.5 Å². The van der Waals surface area contributed by atoms with E-state index in [1.807, 2.05) is 4.90 Å². The Morgan fingerprint density at radius 2 is 2.06 bits per heavy atom. The summed E-state index contributed by atoms with van der Waals surface area (Å²) in [6.45, 7) is 1.97. The number of hydrogen-bond donors (Lipinski definition) is 2. The van der Waals surface area contributed by atoms with Crippen LogP contribution in [-0.4, -0.2) is 56.7 Å². The first-order chi connectivity index (χ1) is 8.44. The van der Waals surface area contributed by atoms with Crippen molar-refractivity contribution in [3.05, 3.63) is 11.5 Å². The van der Waals surface area contributed by atoms with E-state index in [2.05, 4.69) is 5.32 Å². The van der Waals surface area contributed by atoms with Crippen LogP contribution in [0.25, 0.3) is 0 Å². The number of carbonyl (C=O) groups excluding carboxylic acids is 1. The Bertz CT molecular complexity index is 438. The molecule has 2 aliphatic heterocycles. The minimum absolute atomic E-state index is 0.0242. The van der Waals surface area contributed by atoms with Crippen molar-refractivity contribution < 1.29 is 13.2 Å². The van der Waals surface area contributed by atoms with E-state index in [9.17, 15) is 13.2 Å². The van der Waals surface area contributed by atoms with E-state index in [0.29, 0.717) is 6.54 Å². The zero-order valence-corrected chi connectivity index (χ0v) is 11.0. The van der Waals surface area contributed by atoms with Gasteiger partial charge in [0.25, 0.3) is 0 Å². The van der Waals surface area contributed by atoms with Crippen LogP contribution in [0.1, 0.15) is 12.8 Å². The molecule has 1 atom stereocenters. The lowest BCUT2D eigenvalue weighted by Gasteiger charge is -2.29. The van der Waals surface area contributed by atoms with Gasteiger partial charge in [-0.25, -0.2) is 8.42 Å². The van der Waals surface area contributed by atoms with Gasteiger partial charge in [-0.15, -0.1) is 0 Å². The molecule has 1 saturated heterocycles. The SMILES string of the molecule is NC1CCN(CC(=O)NC2C=CS(=O)(=O)C2)CC1. The van der Waals surface area contributed by atoms with Crippen LogP contribution in [0.3, 0.4) is 0 Å². The molecule has 0 aromatic heterocycles. The zero-order chi connectivity index (χ0) is 13.2. The van der Waals surface area contributed by atoms with E-state index >= 15 is 0 Å². The predicted molar refractivity (Wildman–Crippen MR) is 68.5 cm³/mol. The molecule has 0 aromatic carbocycles. The highest BCUT2D eigenvalue weighted by atomic mass is 32.2. The van der Waals surface area contributed by atoms with E-state index in [1.54, 1.807) is 0 Å². The van der Waals surface area contributed by atoms with Crippen LogP contribution in [0.4, 0.5) is 0 Å². The monoisotopic (exact) mass is 273 g/mol. The van der Waals surface area contributed by atoms with Gasteiger partial charge in [0.1, 0.15) is 0 Å². The molecule has 2 aliphatic rings. The van der Waals surface area contributed by atoms with Crippen molar-refractivity contribution in [3.63, 3.8) is 0 Å². The van der Waals surface area contributed by atoms with Gasteiger partial charge in [0.15, 0.2) is 9.84 Å². The molecule has 0 aromatic rings. The van der Waals surface area contributed by atoms with Gasteiger partial charge >= 0.3 is 0 Å². The molecule has 0 saturated carbocycles. The zero-order valence-electron chi connectivity index (χ0n) is 10.2. The molecule has 7 heteroatoms. The molecular weight excluding hydrogens is 254 g/mol. The van der Waals surface area contributed by atoms with Crippen LogP contribution in [0.2, 0.25) is 0 Å². The number of amides is 1. The molecule has 0 bridgehead atoms. The second kappa shape index (κ2) is 5.38. The molecule has 6 nitrogen and oxygen atoms in total. The first-order valence-electron chi connectivity index (χ1n) is 6.13. The number of carbonyl (C=O) groups is 1. The maximum Gasteiger partial charge on any atom is 0.234 e. The lowest BCUT2D eigenvalue weighted by Crippen LogP contribution is -2.46. The summed E-state index contributed by atoms with van der Waals surface area (Å²) >= 11 is 0. The lowest BCUT2D eigenvalue weighted by atomic mass is 10.1. The minimum atomic E-state index is -3.11. The number of hydrogen-bond acceptors (Lipinski definition) is 5. The Hall–Kier alpha value is -0.920. The average molecular weight is 273 g/mol. The summed E-state index contributed by atoms with van der Waals surface area (Å²) in [4.78, 5) is 13.8. The molecular formula is C11H19N3O3S. The van der Waals surface area contributed by atoms with Gasteiger partial charge in [-0.05, 0) is 18.9 Å². The maximum atomic E-state index is 11.7. The van der Waals surface area contributed by atoms with Gasteiger partial charge in [-0.2, -0.15) is 0 Å². The standard InChI is InChI=1S/C11H19N3O3S/c12-9-1-4-14(5-2-9)7-11(15)13-10-3-6-18(16,17)8-10/h3,6,9-10H,1-2,4-5,7-8,12H2,(H,13,15). The topological polar surface area (TPSA) is 92.5 Å². The summed E-state index contributed by atoms with van der Waals surface area (Å²) in [7, 11) is -3.11. The molecule has 2 heterocycles. The summed E-state index contributed by atoms with van der Waals surface area (Å²) in [6.07, 6.45) is 3.34. The number of nitrogens with two attached hydrogens (primary N) is 1. The minimum Gasteiger partial charge on any atom is -0.348 e. The highest BCUT2D eigenvalue weighted by Gasteiger charge is 2.24. The van der Waals surface area contributed by atoms with Crippen LogP contribution in [-0.2, 0) is 14.6 Å². The molecule has 18 heavy (non-hydrogen) atoms. The number of likely N-dealkylation sites (tertiary alicyclic amines) is 1. The summed E-state index contributed by atoms with van der Waals surface area (Å²) in [6, 6.07) is -0.137. The molecule has 1 amide bonds. The number of nitrogens with zero attached hydrogens (tertiary/aromatic N) is 1. The molecule has 102 valence electrons. The smallest absolute Gasteiger partial charge is 0.234 e. The van der Waals surface area contributed by atoms with E-state index in [4.69, 9.17) is 5.73 Å². The molecule has 1 fully saturated rings. The van der Waals surface area contributed by atoms with E-state index in [0.717, 1.165) is 31.3 Å². The van der Waals surface area contributed by atoms with Crippen molar-refractivity contribution >= 4 is 15.7 Å². The third-order valence-electron chi connectivity index (χ3n) is 3.28. The highest BCUT2D eigenvalue weighted by molar-refractivity contribution is 7.94.